The molecule has 7 aromatic rings. The zero-order chi connectivity index (χ0) is 33.2. The van der Waals surface area contributed by atoms with E-state index in [1.165, 1.54) is 41.2 Å². The van der Waals surface area contributed by atoms with E-state index in [4.69, 9.17) is 5.73 Å². The van der Waals surface area contributed by atoms with E-state index in [9.17, 15) is 26.4 Å². The minimum absolute atomic E-state index is 0.0247. The summed E-state index contributed by atoms with van der Waals surface area (Å²) < 4.78 is 71.0. The normalized spacial score (nSPS) is 12.3. The number of ketones is 1. The number of hydrogen-bond acceptors (Lipinski definition) is 7. The van der Waals surface area contributed by atoms with Crippen molar-refractivity contribution in [1.82, 2.24) is 28.7 Å². The first-order valence-corrected chi connectivity index (χ1v) is 15.6. The molecule has 47 heavy (non-hydrogen) atoms. The third kappa shape index (κ3) is 5.12. The zero-order valence-electron chi connectivity index (χ0n) is 24.7. The van der Waals surface area contributed by atoms with E-state index < -0.39 is 27.7 Å². The van der Waals surface area contributed by atoms with Gasteiger partial charge in [-0.05, 0) is 79.6 Å². The van der Waals surface area contributed by atoms with E-state index in [0.717, 1.165) is 33.1 Å². The Kier molecular flexibility index (Phi) is 6.79. The SMILES string of the molecule is Cc1ccc(S(=O)(=O)n2c(C(=O)c3cnn(-c4ccc5[nH]c(C)nc5c4)c3N)cc3ccc(-c4ccnc(C(F)(F)F)c4)cc32)cc1. The van der Waals surface area contributed by atoms with Gasteiger partial charge in [0.05, 0.1) is 38.9 Å². The zero-order valence-corrected chi connectivity index (χ0v) is 25.6. The Balaban J connectivity index is 1.40. The molecule has 0 fully saturated rings. The predicted octanol–water partition coefficient (Wildman–Crippen LogP) is 6.45. The third-order valence-electron chi connectivity index (χ3n) is 7.82. The Hall–Kier alpha value is -5.76. The first-order chi connectivity index (χ1) is 22.3. The number of alkyl halides is 3. The monoisotopic (exact) mass is 655 g/mol. The Labute approximate surface area is 265 Å². The highest BCUT2D eigenvalue weighted by molar-refractivity contribution is 7.90. The van der Waals surface area contributed by atoms with Crippen molar-refractivity contribution in [2.45, 2.75) is 24.9 Å². The summed E-state index contributed by atoms with van der Waals surface area (Å²) in [5.74, 6) is -0.0256. The molecule has 0 saturated carbocycles. The number of anilines is 1. The van der Waals surface area contributed by atoms with Crippen LogP contribution in [0.3, 0.4) is 0 Å². The van der Waals surface area contributed by atoms with E-state index >= 15 is 0 Å². The molecule has 236 valence electrons. The molecule has 0 bridgehead atoms. The molecule has 0 radical (unpaired) electrons. The van der Waals surface area contributed by atoms with E-state index in [2.05, 4.69) is 20.1 Å². The summed E-state index contributed by atoms with van der Waals surface area (Å²) in [5, 5.41) is 4.68. The molecule has 4 heterocycles. The molecule has 10 nitrogen and oxygen atoms in total. The van der Waals surface area contributed by atoms with Gasteiger partial charge in [0.2, 0.25) is 5.78 Å². The number of halogens is 3. The molecule has 0 saturated heterocycles. The van der Waals surface area contributed by atoms with Crippen LogP contribution in [0.4, 0.5) is 19.0 Å². The van der Waals surface area contributed by atoms with Gasteiger partial charge in [0.25, 0.3) is 10.0 Å². The van der Waals surface area contributed by atoms with Gasteiger partial charge < -0.3 is 10.7 Å². The van der Waals surface area contributed by atoms with Gasteiger partial charge in [-0.2, -0.15) is 18.3 Å². The molecule has 3 N–H and O–H groups in total. The number of pyridine rings is 1. The number of rotatable bonds is 6. The number of nitrogens with zero attached hydrogens (tertiary/aromatic N) is 5. The number of imidazole rings is 1. The second-order valence-electron chi connectivity index (χ2n) is 11.0. The molecule has 0 unspecified atom stereocenters. The van der Waals surface area contributed by atoms with Gasteiger partial charge in [0.15, 0.2) is 0 Å². The van der Waals surface area contributed by atoms with Crippen molar-refractivity contribution in [3.63, 3.8) is 0 Å². The van der Waals surface area contributed by atoms with Crippen molar-refractivity contribution in [3.05, 3.63) is 120 Å². The van der Waals surface area contributed by atoms with Crippen LogP contribution in [0, 0.1) is 13.8 Å². The number of benzene rings is 3. The maximum Gasteiger partial charge on any atom is 0.433 e. The summed E-state index contributed by atoms with van der Waals surface area (Å²) in [4.78, 5) is 25.1. The molecule has 7 rings (SSSR count). The summed E-state index contributed by atoms with van der Waals surface area (Å²) in [6, 6.07) is 19.6. The average Bonchev–Trinajstić information content (AvgIpc) is 3.73. The van der Waals surface area contributed by atoms with E-state index in [0.29, 0.717) is 22.2 Å². The van der Waals surface area contributed by atoms with Gasteiger partial charge in [0.1, 0.15) is 23.0 Å². The van der Waals surface area contributed by atoms with E-state index in [1.54, 1.807) is 49.4 Å². The van der Waals surface area contributed by atoms with Crippen molar-refractivity contribution >= 4 is 43.6 Å². The molecule has 0 aliphatic rings. The van der Waals surface area contributed by atoms with Crippen LogP contribution in [-0.4, -0.2) is 42.9 Å². The maximum atomic E-state index is 14.2. The number of carbonyl (C=O) groups excluding carboxylic acids is 1. The molecular weight excluding hydrogens is 631 g/mol. The molecule has 14 heteroatoms. The smallest absolute Gasteiger partial charge is 0.383 e. The third-order valence-corrected chi connectivity index (χ3v) is 9.56. The molecule has 3 aromatic carbocycles. The summed E-state index contributed by atoms with van der Waals surface area (Å²) in [5.41, 5.74) is 8.45. The standard InChI is InChI=1S/C33H24F3N7O3S/c1-18-3-8-24(9-4-18)47(45,46)43-28-13-20(21-11-12-38-30(15-21)33(34,35)36)5-6-22(28)14-29(43)31(44)25-17-39-42(32(25)37)23-7-10-26-27(16-23)41-19(2)40-26/h3-17H,37H2,1-2H3,(H,40,41). The number of nitrogens with two attached hydrogens (primary N) is 1. The lowest BCUT2D eigenvalue weighted by Gasteiger charge is -2.13. The highest BCUT2D eigenvalue weighted by atomic mass is 32.2. The van der Waals surface area contributed by atoms with Crippen molar-refractivity contribution < 1.29 is 26.4 Å². The van der Waals surface area contributed by atoms with Gasteiger partial charge in [-0.1, -0.05) is 29.8 Å². The van der Waals surface area contributed by atoms with Crippen molar-refractivity contribution in [3.8, 4) is 16.8 Å². The highest BCUT2D eigenvalue weighted by Gasteiger charge is 2.33. The summed E-state index contributed by atoms with van der Waals surface area (Å²) in [7, 11) is -4.41. The van der Waals surface area contributed by atoms with Crippen LogP contribution in [0.15, 0.2) is 96.2 Å². The topological polar surface area (TPSA) is 142 Å². The van der Waals surface area contributed by atoms with Crippen LogP contribution in [0.2, 0.25) is 0 Å². The Bertz CT molecular complexity index is 2480. The number of fused-ring (bicyclic) bond motifs is 2. The average molecular weight is 656 g/mol. The van der Waals surface area contributed by atoms with E-state index in [-0.39, 0.29) is 33.1 Å². The lowest BCUT2D eigenvalue weighted by molar-refractivity contribution is -0.141. The maximum absolute atomic E-state index is 14.2. The summed E-state index contributed by atoms with van der Waals surface area (Å²) >= 11 is 0. The lowest BCUT2D eigenvalue weighted by Crippen LogP contribution is -2.19. The lowest BCUT2D eigenvalue weighted by atomic mass is 10.0. The molecule has 0 amide bonds. The number of aromatic nitrogens is 6. The van der Waals surface area contributed by atoms with Crippen molar-refractivity contribution in [1.29, 1.82) is 0 Å². The van der Waals surface area contributed by atoms with Gasteiger partial charge in [-0.15, -0.1) is 0 Å². The number of carbonyl (C=O) groups is 1. The molecule has 0 aliphatic carbocycles. The summed E-state index contributed by atoms with van der Waals surface area (Å²) in [6.45, 7) is 3.63. The molecule has 0 atom stereocenters. The number of hydrogen-bond donors (Lipinski definition) is 2. The van der Waals surface area contributed by atoms with Crippen LogP contribution in [0.25, 0.3) is 38.8 Å². The first kappa shape index (κ1) is 29.9. The fourth-order valence-corrected chi connectivity index (χ4v) is 6.99. The second kappa shape index (κ2) is 10.7. The minimum Gasteiger partial charge on any atom is -0.383 e. The Morgan fingerprint density at radius 3 is 2.40 bits per heavy atom. The van der Waals surface area contributed by atoms with Crippen LogP contribution in [-0.2, 0) is 16.2 Å². The molecule has 0 spiro atoms. The first-order valence-electron chi connectivity index (χ1n) is 14.2. The summed E-state index contributed by atoms with van der Waals surface area (Å²) in [6.07, 6.45) is -2.38. The van der Waals surface area contributed by atoms with Crippen LogP contribution < -0.4 is 5.73 Å². The number of nitrogens with one attached hydrogen (secondary N) is 1. The second-order valence-corrected chi connectivity index (χ2v) is 12.8. The van der Waals surface area contributed by atoms with Crippen molar-refractivity contribution in [2.24, 2.45) is 0 Å². The van der Waals surface area contributed by atoms with Gasteiger partial charge >= 0.3 is 6.18 Å². The van der Waals surface area contributed by atoms with Crippen molar-refractivity contribution in [2.75, 3.05) is 5.73 Å². The fraction of sp³-hybridized carbons (Fsp3) is 0.0909. The predicted molar refractivity (Wildman–Crippen MR) is 170 cm³/mol. The number of H-pyrrole nitrogens is 1. The van der Waals surface area contributed by atoms with Gasteiger partial charge in [-0.25, -0.2) is 22.1 Å². The van der Waals surface area contributed by atoms with Gasteiger partial charge in [-0.3, -0.25) is 9.78 Å². The van der Waals surface area contributed by atoms with Crippen LogP contribution >= 0.6 is 0 Å². The molecule has 4 aromatic heterocycles. The number of aromatic amines is 1. The fourth-order valence-electron chi connectivity index (χ4n) is 5.48. The Morgan fingerprint density at radius 2 is 1.66 bits per heavy atom. The quantitative estimate of drug-likeness (QED) is 0.196. The number of nitrogen functional groups attached to an aromatic ring is 1. The molecule has 0 aliphatic heterocycles. The molecular formula is C33H24F3N7O3S. The highest BCUT2D eigenvalue weighted by Crippen LogP contribution is 2.34. The minimum atomic E-state index is -4.68. The van der Waals surface area contributed by atoms with Crippen LogP contribution in [0.1, 0.15) is 33.1 Å². The largest absolute Gasteiger partial charge is 0.433 e. The van der Waals surface area contributed by atoms with Gasteiger partial charge in [0, 0.05) is 11.6 Å². The van der Waals surface area contributed by atoms with Crippen LogP contribution in [0.5, 0.6) is 0 Å². The number of aryl methyl sites for hydroxylation is 2. The van der Waals surface area contributed by atoms with E-state index in [1.807, 2.05) is 6.92 Å². The Morgan fingerprint density at radius 1 is 0.915 bits per heavy atom.